The first-order valence-electron chi connectivity index (χ1n) is 5.96. The van der Waals surface area contributed by atoms with Gasteiger partial charge in [0.05, 0.1) is 12.4 Å². The monoisotopic (exact) mass is 217 g/mol. The van der Waals surface area contributed by atoms with E-state index in [9.17, 15) is 0 Å². The molecule has 1 saturated carbocycles. The Morgan fingerprint density at radius 2 is 2.25 bits per heavy atom. The Balaban J connectivity index is 2.00. The zero-order valence-corrected chi connectivity index (χ0v) is 9.82. The molecule has 3 heteroatoms. The topological polar surface area (TPSA) is 51.3 Å². The number of rotatable bonds is 3. The van der Waals surface area contributed by atoms with Crippen LogP contribution in [0.3, 0.4) is 0 Å². The standard InChI is InChI=1S/C13H19N3/c1-10-8-15-7-6-12(10)9-16-13(14)11-4-2-3-5-11/h6-8,11H,2-5,9H2,1H3,(H2,14,16). The summed E-state index contributed by atoms with van der Waals surface area (Å²) in [4.78, 5) is 8.57. The van der Waals surface area contributed by atoms with Crippen molar-refractivity contribution in [3.05, 3.63) is 29.6 Å². The van der Waals surface area contributed by atoms with Crippen LogP contribution in [0.5, 0.6) is 0 Å². The maximum absolute atomic E-state index is 6.01. The lowest BCUT2D eigenvalue weighted by molar-refractivity contribution is 0.715. The number of aromatic nitrogens is 1. The molecule has 2 rings (SSSR count). The largest absolute Gasteiger partial charge is 0.387 e. The summed E-state index contributed by atoms with van der Waals surface area (Å²) in [5.74, 6) is 1.37. The van der Waals surface area contributed by atoms with E-state index in [1.807, 2.05) is 18.5 Å². The molecule has 2 N–H and O–H groups in total. The Morgan fingerprint density at radius 1 is 1.50 bits per heavy atom. The van der Waals surface area contributed by atoms with E-state index in [0.29, 0.717) is 12.5 Å². The molecule has 16 heavy (non-hydrogen) atoms. The van der Waals surface area contributed by atoms with Crippen molar-refractivity contribution in [1.82, 2.24) is 4.98 Å². The predicted molar refractivity (Wildman–Crippen MR) is 66.3 cm³/mol. The van der Waals surface area contributed by atoms with Crippen molar-refractivity contribution in [2.24, 2.45) is 16.6 Å². The van der Waals surface area contributed by atoms with E-state index in [1.54, 1.807) is 0 Å². The fourth-order valence-corrected chi connectivity index (χ4v) is 2.21. The molecule has 0 aromatic carbocycles. The molecule has 1 aliphatic carbocycles. The van der Waals surface area contributed by atoms with Gasteiger partial charge in [-0.1, -0.05) is 12.8 Å². The molecule has 0 amide bonds. The molecular weight excluding hydrogens is 198 g/mol. The molecule has 1 aromatic heterocycles. The average Bonchev–Trinajstić information content (AvgIpc) is 2.81. The van der Waals surface area contributed by atoms with Crippen LogP contribution in [0.25, 0.3) is 0 Å². The van der Waals surface area contributed by atoms with Crippen molar-refractivity contribution >= 4 is 5.84 Å². The van der Waals surface area contributed by atoms with Gasteiger partial charge in [0.2, 0.25) is 0 Å². The molecular formula is C13H19N3. The maximum Gasteiger partial charge on any atom is 0.0972 e. The molecule has 0 atom stereocenters. The second kappa shape index (κ2) is 5.10. The van der Waals surface area contributed by atoms with E-state index in [-0.39, 0.29) is 0 Å². The zero-order valence-electron chi connectivity index (χ0n) is 9.82. The van der Waals surface area contributed by atoms with Crippen LogP contribution in [-0.4, -0.2) is 10.8 Å². The van der Waals surface area contributed by atoms with Gasteiger partial charge in [0, 0.05) is 18.3 Å². The Kier molecular flexibility index (Phi) is 3.54. The lowest BCUT2D eigenvalue weighted by atomic mass is 10.1. The van der Waals surface area contributed by atoms with Crippen LogP contribution in [0.4, 0.5) is 0 Å². The lowest BCUT2D eigenvalue weighted by Crippen LogP contribution is -2.21. The fraction of sp³-hybridized carbons (Fsp3) is 0.538. The molecule has 1 aliphatic rings. The Hall–Kier alpha value is -1.38. The van der Waals surface area contributed by atoms with Crippen molar-refractivity contribution in [3.63, 3.8) is 0 Å². The molecule has 0 spiro atoms. The minimum absolute atomic E-state index is 0.530. The van der Waals surface area contributed by atoms with Crippen LogP contribution in [0, 0.1) is 12.8 Å². The van der Waals surface area contributed by atoms with Gasteiger partial charge in [0.25, 0.3) is 0 Å². The van der Waals surface area contributed by atoms with Crippen LogP contribution >= 0.6 is 0 Å². The molecule has 0 aliphatic heterocycles. The van der Waals surface area contributed by atoms with Crippen molar-refractivity contribution in [2.45, 2.75) is 39.2 Å². The van der Waals surface area contributed by atoms with Gasteiger partial charge < -0.3 is 5.73 Å². The number of nitrogens with zero attached hydrogens (tertiary/aromatic N) is 2. The van der Waals surface area contributed by atoms with E-state index >= 15 is 0 Å². The van der Waals surface area contributed by atoms with E-state index < -0.39 is 0 Å². The Morgan fingerprint density at radius 3 is 2.94 bits per heavy atom. The summed E-state index contributed by atoms with van der Waals surface area (Å²) in [7, 11) is 0. The Bertz CT molecular complexity index is 379. The van der Waals surface area contributed by atoms with Gasteiger partial charge in [-0.2, -0.15) is 0 Å². The highest BCUT2D eigenvalue weighted by molar-refractivity contribution is 5.83. The number of nitrogens with two attached hydrogens (primary N) is 1. The van der Waals surface area contributed by atoms with Crippen LogP contribution in [0.2, 0.25) is 0 Å². The van der Waals surface area contributed by atoms with Gasteiger partial charge in [-0.15, -0.1) is 0 Å². The fourth-order valence-electron chi connectivity index (χ4n) is 2.21. The highest BCUT2D eigenvalue weighted by Gasteiger charge is 2.18. The first-order valence-corrected chi connectivity index (χ1v) is 5.96. The molecule has 86 valence electrons. The quantitative estimate of drug-likeness (QED) is 0.624. The third kappa shape index (κ3) is 2.60. The summed E-state index contributed by atoms with van der Waals surface area (Å²) in [6.45, 7) is 2.75. The van der Waals surface area contributed by atoms with E-state index in [2.05, 4.69) is 16.9 Å². The number of amidine groups is 1. The third-order valence-electron chi connectivity index (χ3n) is 3.34. The molecule has 0 saturated heterocycles. The SMILES string of the molecule is Cc1cnccc1CN=C(N)C1CCCC1. The molecule has 1 heterocycles. The minimum atomic E-state index is 0.530. The molecule has 3 nitrogen and oxygen atoms in total. The van der Waals surface area contributed by atoms with Crippen molar-refractivity contribution < 1.29 is 0 Å². The first-order chi connectivity index (χ1) is 7.77. The summed E-state index contributed by atoms with van der Waals surface area (Å²) >= 11 is 0. The minimum Gasteiger partial charge on any atom is -0.387 e. The second-order valence-corrected chi connectivity index (χ2v) is 4.52. The van der Waals surface area contributed by atoms with Gasteiger partial charge in [0.15, 0.2) is 0 Å². The molecule has 1 aromatic rings. The molecule has 1 fully saturated rings. The predicted octanol–water partition coefficient (Wildman–Crippen LogP) is 2.44. The second-order valence-electron chi connectivity index (χ2n) is 4.52. The first kappa shape index (κ1) is 11.1. The van der Waals surface area contributed by atoms with Gasteiger partial charge in [0.1, 0.15) is 0 Å². The molecule has 0 unspecified atom stereocenters. The number of pyridine rings is 1. The van der Waals surface area contributed by atoms with E-state index in [0.717, 1.165) is 5.84 Å². The van der Waals surface area contributed by atoms with Crippen molar-refractivity contribution in [3.8, 4) is 0 Å². The van der Waals surface area contributed by atoms with Gasteiger partial charge >= 0.3 is 0 Å². The summed E-state index contributed by atoms with van der Waals surface area (Å²) in [6.07, 6.45) is 8.71. The number of aliphatic imine (C=N–C) groups is 1. The van der Waals surface area contributed by atoms with Gasteiger partial charge in [-0.25, -0.2) is 0 Å². The number of hydrogen-bond acceptors (Lipinski definition) is 2. The van der Waals surface area contributed by atoms with Gasteiger partial charge in [-0.3, -0.25) is 9.98 Å². The summed E-state index contributed by atoms with van der Waals surface area (Å²) in [5, 5.41) is 0. The van der Waals surface area contributed by atoms with Gasteiger partial charge in [-0.05, 0) is 37.0 Å². The number of aryl methyl sites for hydroxylation is 1. The summed E-state index contributed by atoms with van der Waals surface area (Å²) in [5.41, 5.74) is 8.42. The third-order valence-corrected chi connectivity index (χ3v) is 3.34. The summed E-state index contributed by atoms with van der Waals surface area (Å²) in [6, 6.07) is 2.01. The summed E-state index contributed by atoms with van der Waals surface area (Å²) < 4.78 is 0. The number of hydrogen-bond donors (Lipinski definition) is 1. The van der Waals surface area contributed by atoms with Crippen molar-refractivity contribution in [2.75, 3.05) is 0 Å². The van der Waals surface area contributed by atoms with Crippen LogP contribution in [0.15, 0.2) is 23.5 Å². The normalized spacial score (nSPS) is 17.9. The van der Waals surface area contributed by atoms with Crippen LogP contribution in [0.1, 0.15) is 36.8 Å². The van der Waals surface area contributed by atoms with E-state index in [4.69, 9.17) is 5.73 Å². The maximum atomic E-state index is 6.01. The van der Waals surface area contributed by atoms with Crippen LogP contribution in [-0.2, 0) is 6.54 Å². The van der Waals surface area contributed by atoms with Crippen molar-refractivity contribution in [1.29, 1.82) is 0 Å². The highest BCUT2D eigenvalue weighted by Crippen LogP contribution is 2.24. The van der Waals surface area contributed by atoms with E-state index in [1.165, 1.54) is 36.8 Å². The Labute approximate surface area is 96.8 Å². The molecule has 0 radical (unpaired) electrons. The highest BCUT2D eigenvalue weighted by atomic mass is 14.9. The zero-order chi connectivity index (χ0) is 11.4. The van der Waals surface area contributed by atoms with Crippen LogP contribution < -0.4 is 5.73 Å². The average molecular weight is 217 g/mol. The smallest absolute Gasteiger partial charge is 0.0972 e. The lowest BCUT2D eigenvalue weighted by Gasteiger charge is -2.08. The molecule has 0 bridgehead atoms.